The predicted octanol–water partition coefficient (Wildman–Crippen LogP) is 1.29. The second-order valence-electron chi connectivity index (χ2n) is 5.26. The molecule has 4 heteroatoms. The molecule has 1 aliphatic carbocycles. The van der Waals surface area contributed by atoms with Gasteiger partial charge in [0.2, 0.25) is 5.91 Å². The lowest BCUT2D eigenvalue weighted by Gasteiger charge is -2.26. The number of ether oxygens (including phenoxy) is 1. The van der Waals surface area contributed by atoms with Crippen molar-refractivity contribution in [1.82, 2.24) is 5.32 Å². The van der Waals surface area contributed by atoms with Crippen LogP contribution in [0, 0.1) is 11.8 Å². The Morgan fingerprint density at radius 1 is 1.41 bits per heavy atom. The minimum Gasteiger partial charge on any atom is -0.385 e. The Bertz CT molecular complexity index is 225. The van der Waals surface area contributed by atoms with Gasteiger partial charge in [0, 0.05) is 20.3 Å². The lowest BCUT2D eigenvalue weighted by Crippen LogP contribution is -2.43. The van der Waals surface area contributed by atoms with Crippen LogP contribution in [-0.2, 0) is 9.53 Å². The Morgan fingerprint density at radius 3 is 2.65 bits per heavy atom. The first-order valence-electron chi connectivity index (χ1n) is 6.65. The number of amides is 1. The van der Waals surface area contributed by atoms with Gasteiger partial charge in [0.1, 0.15) is 0 Å². The van der Waals surface area contributed by atoms with E-state index in [0.717, 1.165) is 12.5 Å². The smallest absolute Gasteiger partial charge is 0.237 e. The molecular weight excluding hydrogens is 216 g/mol. The van der Waals surface area contributed by atoms with Crippen molar-refractivity contribution in [3.05, 3.63) is 0 Å². The van der Waals surface area contributed by atoms with Gasteiger partial charge < -0.3 is 15.8 Å². The van der Waals surface area contributed by atoms with Crippen molar-refractivity contribution in [1.29, 1.82) is 0 Å². The monoisotopic (exact) mass is 242 g/mol. The summed E-state index contributed by atoms with van der Waals surface area (Å²) in [5.41, 5.74) is 5.75. The molecule has 1 amide bonds. The molecule has 0 aromatic heterocycles. The standard InChI is InChI=1S/C13H26N2O2/c1-10-3-5-11(6-4-10)9-15-13(16)12(14)7-8-17-2/h10-12H,3-9,14H2,1-2H3,(H,15,16). The van der Waals surface area contributed by atoms with Crippen molar-refractivity contribution in [2.75, 3.05) is 20.3 Å². The average Bonchev–Trinajstić information content (AvgIpc) is 2.34. The van der Waals surface area contributed by atoms with Crippen LogP contribution in [0.3, 0.4) is 0 Å². The van der Waals surface area contributed by atoms with Gasteiger partial charge in [0.25, 0.3) is 0 Å². The van der Waals surface area contributed by atoms with Crippen LogP contribution in [0.5, 0.6) is 0 Å². The topological polar surface area (TPSA) is 64.3 Å². The molecule has 1 atom stereocenters. The van der Waals surface area contributed by atoms with Crippen molar-refractivity contribution in [2.24, 2.45) is 17.6 Å². The number of hydrogen-bond donors (Lipinski definition) is 2. The molecule has 1 rings (SSSR count). The van der Waals surface area contributed by atoms with Gasteiger partial charge in [-0.1, -0.05) is 19.8 Å². The molecule has 0 bridgehead atoms. The SMILES string of the molecule is COCCC(N)C(=O)NCC1CCC(C)CC1. The van der Waals surface area contributed by atoms with Crippen LogP contribution in [0.25, 0.3) is 0 Å². The summed E-state index contributed by atoms with van der Waals surface area (Å²) in [4.78, 5) is 11.7. The highest BCUT2D eigenvalue weighted by molar-refractivity contribution is 5.81. The Labute approximate surface area is 104 Å². The summed E-state index contributed by atoms with van der Waals surface area (Å²) in [7, 11) is 1.62. The zero-order valence-electron chi connectivity index (χ0n) is 11.1. The normalized spacial score (nSPS) is 26.5. The molecule has 1 aliphatic rings. The third-order valence-corrected chi connectivity index (χ3v) is 3.67. The van der Waals surface area contributed by atoms with Gasteiger partial charge in [-0.05, 0) is 31.1 Å². The number of methoxy groups -OCH3 is 1. The Balaban J connectivity index is 2.14. The van der Waals surface area contributed by atoms with E-state index < -0.39 is 6.04 Å². The van der Waals surface area contributed by atoms with Crippen molar-refractivity contribution in [3.63, 3.8) is 0 Å². The van der Waals surface area contributed by atoms with E-state index in [9.17, 15) is 4.79 Å². The number of nitrogens with one attached hydrogen (secondary N) is 1. The van der Waals surface area contributed by atoms with Crippen LogP contribution >= 0.6 is 0 Å². The molecule has 0 heterocycles. The molecule has 1 unspecified atom stereocenters. The summed E-state index contributed by atoms with van der Waals surface area (Å²) in [5, 5.41) is 2.96. The lowest BCUT2D eigenvalue weighted by molar-refractivity contribution is -0.123. The number of hydrogen-bond acceptors (Lipinski definition) is 3. The van der Waals surface area contributed by atoms with E-state index in [1.165, 1.54) is 25.7 Å². The minimum absolute atomic E-state index is 0.0410. The number of carbonyl (C=O) groups is 1. The molecule has 0 aromatic carbocycles. The van der Waals surface area contributed by atoms with Gasteiger partial charge >= 0.3 is 0 Å². The molecule has 1 saturated carbocycles. The summed E-state index contributed by atoms with van der Waals surface area (Å²) < 4.78 is 4.91. The zero-order chi connectivity index (χ0) is 12.7. The predicted molar refractivity (Wildman–Crippen MR) is 68.6 cm³/mol. The van der Waals surface area contributed by atoms with Gasteiger partial charge in [-0.15, -0.1) is 0 Å². The van der Waals surface area contributed by atoms with E-state index in [2.05, 4.69) is 12.2 Å². The van der Waals surface area contributed by atoms with Gasteiger partial charge in [-0.25, -0.2) is 0 Å². The maximum atomic E-state index is 11.7. The van der Waals surface area contributed by atoms with Crippen LogP contribution in [0.15, 0.2) is 0 Å². The van der Waals surface area contributed by atoms with Crippen LogP contribution in [0.4, 0.5) is 0 Å². The van der Waals surface area contributed by atoms with Gasteiger partial charge in [0.05, 0.1) is 6.04 Å². The molecule has 4 nitrogen and oxygen atoms in total. The summed E-state index contributed by atoms with van der Waals surface area (Å²) >= 11 is 0. The third kappa shape index (κ3) is 5.50. The summed E-state index contributed by atoms with van der Waals surface area (Å²) in [6, 6.07) is -0.433. The number of nitrogens with two attached hydrogens (primary N) is 1. The van der Waals surface area contributed by atoms with E-state index in [1.54, 1.807) is 7.11 Å². The highest BCUT2D eigenvalue weighted by Crippen LogP contribution is 2.27. The fraction of sp³-hybridized carbons (Fsp3) is 0.923. The van der Waals surface area contributed by atoms with Gasteiger partial charge in [0.15, 0.2) is 0 Å². The van der Waals surface area contributed by atoms with E-state index >= 15 is 0 Å². The van der Waals surface area contributed by atoms with Gasteiger partial charge in [-0.2, -0.15) is 0 Å². The maximum Gasteiger partial charge on any atom is 0.237 e. The minimum atomic E-state index is -0.433. The fourth-order valence-corrected chi connectivity index (χ4v) is 2.29. The number of carbonyl (C=O) groups excluding carboxylic acids is 1. The molecule has 0 radical (unpaired) electrons. The van der Waals surface area contributed by atoms with Gasteiger partial charge in [-0.3, -0.25) is 4.79 Å². The zero-order valence-corrected chi connectivity index (χ0v) is 11.1. The molecule has 0 saturated heterocycles. The van der Waals surface area contributed by atoms with Crippen molar-refractivity contribution >= 4 is 5.91 Å². The average molecular weight is 242 g/mol. The largest absolute Gasteiger partial charge is 0.385 e. The third-order valence-electron chi connectivity index (χ3n) is 3.67. The highest BCUT2D eigenvalue weighted by atomic mass is 16.5. The van der Waals surface area contributed by atoms with E-state index in [0.29, 0.717) is 18.9 Å². The second kappa shape index (κ2) is 7.67. The van der Waals surface area contributed by atoms with Crippen molar-refractivity contribution < 1.29 is 9.53 Å². The maximum absolute atomic E-state index is 11.7. The van der Waals surface area contributed by atoms with Crippen LogP contribution in [-0.4, -0.2) is 32.2 Å². The Morgan fingerprint density at radius 2 is 2.06 bits per heavy atom. The molecule has 0 spiro atoms. The van der Waals surface area contributed by atoms with Crippen LogP contribution in [0.2, 0.25) is 0 Å². The molecule has 1 fully saturated rings. The van der Waals surface area contributed by atoms with E-state index in [1.807, 2.05) is 0 Å². The van der Waals surface area contributed by atoms with Crippen LogP contribution < -0.4 is 11.1 Å². The molecule has 17 heavy (non-hydrogen) atoms. The van der Waals surface area contributed by atoms with Crippen molar-refractivity contribution in [2.45, 2.75) is 45.1 Å². The second-order valence-corrected chi connectivity index (χ2v) is 5.26. The fourth-order valence-electron chi connectivity index (χ4n) is 2.29. The summed E-state index contributed by atoms with van der Waals surface area (Å²) in [6.07, 6.45) is 5.63. The summed E-state index contributed by atoms with van der Waals surface area (Å²) in [5.74, 6) is 1.45. The Kier molecular flexibility index (Phi) is 6.52. The Hall–Kier alpha value is -0.610. The molecule has 3 N–H and O–H groups in total. The molecule has 0 aliphatic heterocycles. The summed E-state index contributed by atoms with van der Waals surface area (Å²) in [6.45, 7) is 3.62. The first kappa shape index (κ1) is 14.5. The molecular formula is C13H26N2O2. The van der Waals surface area contributed by atoms with E-state index in [4.69, 9.17) is 10.5 Å². The first-order valence-corrected chi connectivity index (χ1v) is 6.65. The van der Waals surface area contributed by atoms with Crippen LogP contribution in [0.1, 0.15) is 39.0 Å². The first-order chi connectivity index (χ1) is 8.13. The molecule has 100 valence electrons. The van der Waals surface area contributed by atoms with Crippen molar-refractivity contribution in [3.8, 4) is 0 Å². The lowest BCUT2D eigenvalue weighted by atomic mass is 9.83. The van der Waals surface area contributed by atoms with E-state index in [-0.39, 0.29) is 5.91 Å². The molecule has 0 aromatic rings. The quantitative estimate of drug-likeness (QED) is 0.737. The highest BCUT2D eigenvalue weighted by Gasteiger charge is 2.20. The number of rotatable bonds is 6.